The minimum atomic E-state index is 0.432. The quantitative estimate of drug-likeness (QED) is 0.739. The number of nitrogens with zero attached hydrogens (tertiary/aromatic N) is 3. The van der Waals surface area contributed by atoms with Crippen LogP contribution < -0.4 is 5.32 Å². The zero-order valence-corrected chi connectivity index (χ0v) is 8.25. The van der Waals surface area contributed by atoms with Gasteiger partial charge in [-0.3, -0.25) is 0 Å². The standard InChI is InChI=1S/C9H16N4/c1-3-13-7(2)11-12-9(13)8-5-4-6-10-8/h8,10H,3-6H2,1-2H3. The van der Waals surface area contributed by atoms with E-state index in [0.29, 0.717) is 6.04 Å². The molecule has 0 aliphatic carbocycles. The molecular formula is C9H16N4. The van der Waals surface area contributed by atoms with Gasteiger partial charge in [0.25, 0.3) is 0 Å². The van der Waals surface area contributed by atoms with Crippen molar-refractivity contribution in [2.45, 2.75) is 39.3 Å². The minimum absolute atomic E-state index is 0.432. The summed E-state index contributed by atoms with van der Waals surface area (Å²) >= 11 is 0. The van der Waals surface area contributed by atoms with Gasteiger partial charge in [0.1, 0.15) is 11.6 Å². The van der Waals surface area contributed by atoms with Crippen molar-refractivity contribution in [3.8, 4) is 0 Å². The molecule has 13 heavy (non-hydrogen) atoms. The van der Waals surface area contributed by atoms with Crippen LogP contribution in [-0.2, 0) is 6.54 Å². The van der Waals surface area contributed by atoms with Crippen molar-refractivity contribution in [1.82, 2.24) is 20.1 Å². The van der Waals surface area contributed by atoms with Gasteiger partial charge >= 0.3 is 0 Å². The molecule has 1 fully saturated rings. The monoisotopic (exact) mass is 180 g/mol. The zero-order valence-electron chi connectivity index (χ0n) is 8.25. The predicted octanol–water partition coefficient (Wildman–Crippen LogP) is 1.03. The van der Waals surface area contributed by atoms with Gasteiger partial charge in [-0.15, -0.1) is 10.2 Å². The maximum absolute atomic E-state index is 4.22. The Bertz CT molecular complexity index is 286. The number of aryl methyl sites for hydroxylation is 1. The second kappa shape index (κ2) is 3.46. The molecule has 1 aromatic heterocycles. The normalized spacial score (nSPS) is 22.5. The van der Waals surface area contributed by atoms with Crippen molar-refractivity contribution in [1.29, 1.82) is 0 Å². The van der Waals surface area contributed by atoms with E-state index in [1.165, 1.54) is 12.8 Å². The number of aromatic nitrogens is 3. The molecule has 1 aromatic rings. The Morgan fingerprint density at radius 2 is 2.38 bits per heavy atom. The lowest BCUT2D eigenvalue weighted by Crippen LogP contribution is -2.18. The maximum atomic E-state index is 4.22. The van der Waals surface area contributed by atoms with Crippen LogP contribution in [0, 0.1) is 6.92 Å². The highest BCUT2D eigenvalue weighted by atomic mass is 15.3. The Hall–Kier alpha value is -0.900. The number of rotatable bonds is 2. The number of hydrogen-bond acceptors (Lipinski definition) is 3. The Kier molecular flexibility index (Phi) is 2.31. The molecule has 2 heterocycles. The Morgan fingerprint density at radius 3 is 3.00 bits per heavy atom. The van der Waals surface area contributed by atoms with E-state index >= 15 is 0 Å². The second-order valence-electron chi connectivity index (χ2n) is 3.50. The molecule has 4 heteroatoms. The van der Waals surface area contributed by atoms with E-state index in [0.717, 1.165) is 24.7 Å². The van der Waals surface area contributed by atoms with Crippen molar-refractivity contribution in [2.24, 2.45) is 0 Å². The van der Waals surface area contributed by atoms with Crippen molar-refractivity contribution < 1.29 is 0 Å². The average molecular weight is 180 g/mol. The second-order valence-corrected chi connectivity index (χ2v) is 3.50. The van der Waals surface area contributed by atoms with Crippen LogP contribution in [0.1, 0.15) is 37.5 Å². The van der Waals surface area contributed by atoms with Crippen LogP contribution in [0.2, 0.25) is 0 Å². The molecule has 4 nitrogen and oxygen atoms in total. The van der Waals surface area contributed by atoms with E-state index in [1.807, 2.05) is 6.92 Å². The first-order valence-corrected chi connectivity index (χ1v) is 4.96. The summed E-state index contributed by atoms with van der Waals surface area (Å²) in [7, 11) is 0. The summed E-state index contributed by atoms with van der Waals surface area (Å²) in [5.41, 5.74) is 0. The predicted molar refractivity (Wildman–Crippen MR) is 50.4 cm³/mol. The van der Waals surface area contributed by atoms with Gasteiger partial charge in [-0.25, -0.2) is 0 Å². The van der Waals surface area contributed by atoms with E-state index < -0.39 is 0 Å². The third kappa shape index (κ3) is 1.46. The molecular weight excluding hydrogens is 164 g/mol. The molecule has 72 valence electrons. The van der Waals surface area contributed by atoms with Crippen molar-refractivity contribution in [2.75, 3.05) is 6.54 Å². The molecule has 0 saturated carbocycles. The first kappa shape index (κ1) is 8.69. The molecule has 1 saturated heterocycles. The van der Waals surface area contributed by atoms with Crippen LogP contribution >= 0.6 is 0 Å². The summed E-state index contributed by atoms with van der Waals surface area (Å²) in [6.07, 6.45) is 2.44. The van der Waals surface area contributed by atoms with Crippen molar-refractivity contribution in [3.05, 3.63) is 11.6 Å². The fourth-order valence-electron chi connectivity index (χ4n) is 1.95. The smallest absolute Gasteiger partial charge is 0.150 e. The topological polar surface area (TPSA) is 42.7 Å². The molecule has 1 atom stereocenters. The Balaban J connectivity index is 2.27. The van der Waals surface area contributed by atoms with E-state index in [2.05, 4.69) is 27.0 Å². The molecule has 0 amide bonds. The van der Waals surface area contributed by atoms with Crippen LogP contribution in [0.5, 0.6) is 0 Å². The highest BCUT2D eigenvalue weighted by Gasteiger charge is 2.21. The lowest BCUT2D eigenvalue weighted by atomic mass is 10.2. The van der Waals surface area contributed by atoms with Gasteiger partial charge in [0.2, 0.25) is 0 Å². The molecule has 0 spiro atoms. The fraction of sp³-hybridized carbons (Fsp3) is 0.778. The fourth-order valence-corrected chi connectivity index (χ4v) is 1.95. The van der Waals surface area contributed by atoms with Crippen LogP contribution in [-0.4, -0.2) is 21.3 Å². The highest BCUT2D eigenvalue weighted by Crippen LogP contribution is 2.21. The first-order chi connectivity index (χ1) is 6.33. The molecule has 0 bridgehead atoms. The zero-order chi connectivity index (χ0) is 9.26. The summed E-state index contributed by atoms with van der Waals surface area (Å²) < 4.78 is 2.18. The molecule has 0 aromatic carbocycles. The first-order valence-electron chi connectivity index (χ1n) is 4.96. The van der Waals surface area contributed by atoms with Crippen LogP contribution in [0.15, 0.2) is 0 Å². The lowest BCUT2D eigenvalue weighted by Gasteiger charge is -2.10. The molecule has 2 rings (SSSR count). The summed E-state index contributed by atoms with van der Waals surface area (Å²) in [5.74, 6) is 2.13. The number of nitrogens with one attached hydrogen (secondary N) is 1. The van der Waals surface area contributed by atoms with Gasteiger partial charge < -0.3 is 9.88 Å². The van der Waals surface area contributed by atoms with Crippen LogP contribution in [0.4, 0.5) is 0 Å². The van der Waals surface area contributed by atoms with E-state index in [9.17, 15) is 0 Å². The molecule has 1 N–H and O–H groups in total. The van der Waals surface area contributed by atoms with E-state index in [4.69, 9.17) is 0 Å². The van der Waals surface area contributed by atoms with Gasteiger partial charge in [0.15, 0.2) is 0 Å². The SMILES string of the molecule is CCn1c(C)nnc1C1CCCN1. The highest BCUT2D eigenvalue weighted by molar-refractivity contribution is 5.01. The summed E-state index contributed by atoms with van der Waals surface area (Å²) in [6.45, 7) is 6.22. The Morgan fingerprint density at radius 1 is 1.54 bits per heavy atom. The van der Waals surface area contributed by atoms with Gasteiger partial charge in [-0.1, -0.05) is 0 Å². The average Bonchev–Trinajstić information content (AvgIpc) is 2.71. The molecule has 1 aliphatic heterocycles. The van der Waals surface area contributed by atoms with Gasteiger partial charge in [-0.05, 0) is 33.2 Å². The summed E-state index contributed by atoms with van der Waals surface area (Å²) in [4.78, 5) is 0. The van der Waals surface area contributed by atoms with E-state index in [-0.39, 0.29) is 0 Å². The van der Waals surface area contributed by atoms with Gasteiger partial charge in [0, 0.05) is 6.54 Å². The lowest BCUT2D eigenvalue weighted by molar-refractivity contribution is 0.553. The molecule has 0 radical (unpaired) electrons. The minimum Gasteiger partial charge on any atom is -0.314 e. The Labute approximate surface area is 78.4 Å². The molecule has 1 unspecified atom stereocenters. The van der Waals surface area contributed by atoms with Gasteiger partial charge in [-0.2, -0.15) is 0 Å². The van der Waals surface area contributed by atoms with Gasteiger partial charge in [0.05, 0.1) is 6.04 Å². The maximum Gasteiger partial charge on any atom is 0.150 e. The van der Waals surface area contributed by atoms with E-state index in [1.54, 1.807) is 0 Å². The third-order valence-electron chi connectivity index (χ3n) is 2.65. The number of hydrogen-bond donors (Lipinski definition) is 1. The third-order valence-corrected chi connectivity index (χ3v) is 2.65. The summed E-state index contributed by atoms with van der Waals surface area (Å²) in [6, 6.07) is 0.432. The van der Waals surface area contributed by atoms with Crippen LogP contribution in [0.3, 0.4) is 0 Å². The van der Waals surface area contributed by atoms with Crippen molar-refractivity contribution in [3.63, 3.8) is 0 Å². The van der Waals surface area contributed by atoms with Crippen LogP contribution in [0.25, 0.3) is 0 Å². The van der Waals surface area contributed by atoms with Crippen molar-refractivity contribution >= 4 is 0 Å². The largest absolute Gasteiger partial charge is 0.314 e. The molecule has 1 aliphatic rings. The summed E-state index contributed by atoms with van der Waals surface area (Å²) in [5, 5.41) is 11.8.